The average Bonchev–Trinajstić information content (AvgIpc) is 3.25. The summed E-state index contributed by atoms with van der Waals surface area (Å²) in [6.45, 7) is 2.61. The molecule has 0 unspecified atom stereocenters. The molecule has 0 saturated carbocycles. The largest absolute Gasteiger partial charge is 0.497 e. The molecule has 1 saturated heterocycles. The number of amides is 3. The van der Waals surface area contributed by atoms with Gasteiger partial charge in [-0.05, 0) is 48.9 Å². The van der Waals surface area contributed by atoms with Crippen molar-refractivity contribution in [3.05, 3.63) is 89.5 Å². The second kappa shape index (κ2) is 10.2. The van der Waals surface area contributed by atoms with E-state index in [2.05, 4.69) is 10.6 Å². The second-order valence-electron chi connectivity index (χ2n) is 8.31. The minimum atomic E-state index is -0.498. The summed E-state index contributed by atoms with van der Waals surface area (Å²) in [4.78, 5) is 40.0. The van der Waals surface area contributed by atoms with E-state index in [1.807, 2.05) is 55.5 Å². The predicted octanol–water partition coefficient (Wildman–Crippen LogP) is 3.93. The molecule has 1 heterocycles. The van der Waals surface area contributed by atoms with E-state index in [1.54, 1.807) is 36.3 Å². The third-order valence-corrected chi connectivity index (χ3v) is 5.86. The van der Waals surface area contributed by atoms with Gasteiger partial charge in [0, 0.05) is 25.2 Å². The summed E-state index contributed by atoms with van der Waals surface area (Å²) in [6, 6.07) is 21.9. The molecule has 1 fully saturated rings. The van der Waals surface area contributed by atoms with E-state index in [1.165, 1.54) is 0 Å². The van der Waals surface area contributed by atoms with Crippen LogP contribution in [-0.2, 0) is 16.1 Å². The topological polar surface area (TPSA) is 87.7 Å². The van der Waals surface area contributed by atoms with Gasteiger partial charge in [0.2, 0.25) is 11.8 Å². The van der Waals surface area contributed by atoms with Crippen LogP contribution in [0, 0.1) is 12.8 Å². The summed E-state index contributed by atoms with van der Waals surface area (Å²) in [7, 11) is 1.59. The lowest BCUT2D eigenvalue weighted by Gasteiger charge is -2.17. The highest BCUT2D eigenvalue weighted by Crippen LogP contribution is 2.27. The van der Waals surface area contributed by atoms with Crippen LogP contribution < -0.4 is 20.3 Å². The van der Waals surface area contributed by atoms with Gasteiger partial charge in [-0.1, -0.05) is 42.0 Å². The molecule has 1 aliphatic heterocycles. The Bertz CT molecular complexity index is 1210. The Morgan fingerprint density at radius 1 is 1.03 bits per heavy atom. The van der Waals surface area contributed by atoms with E-state index >= 15 is 0 Å². The SMILES string of the molecule is COc1cccc(CNC(=O)c2ccccc2NC(=O)[C@@H]2CC(=O)N(c3ccc(C)cc3)C2)c1. The summed E-state index contributed by atoms with van der Waals surface area (Å²) in [6.07, 6.45) is 0.129. The first-order valence-corrected chi connectivity index (χ1v) is 11.1. The lowest BCUT2D eigenvalue weighted by atomic mass is 10.1. The molecular weight excluding hydrogens is 430 g/mol. The zero-order valence-corrected chi connectivity index (χ0v) is 19.2. The Morgan fingerprint density at radius 2 is 1.79 bits per heavy atom. The number of ether oxygens (including phenoxy) is 1. The van der Waals surface area contributed by atoms with Crippen molar-refractivity contribution < 1.29 is 19.1 Å². The van der Waals surface area contributed by atoms with Crippen LogP contribution in [0.2, 0.25) is 0 Å². The van der Waals surface area contributed by atoms with Crippen LogP contribution in [0.5, 0.6) is 5.75 Å². The van der Waals surface area contributed by atoms with Gasteiger partial charge in [-0.3, -0.25) is 14.4 Å². The molecule has 3 aromatic rings. The Labute approximate surface area is 198 Å². The molecule has 0 spiro atoms. The number of benzene rings is 3. The van der Waals surface area contributed by atoms with Gasteiger partial charge in [0.25, 0.3) is 5.91 Å². The normalized spacial score (nSPS) is 15.2. The predicted molar refractivity (Wildman–Crippen MR) is 131 cm³/mol. The number of aryl methyl sites for hydroxylation is 1. The fraction of sp³-hybridized carbons (Fsp3) is 0.222. The lowest BCUT2D eigenvalue weighted by Crippen LogP contribution is -2.29. The summed E-state index contributed by atoms with van der Waals surface area (Å²) in [5.74, 6) is -0.460. The zero-order chi connectivity index (χ0) is 24.1. The number of carbonyl (C=O) groups excluding carboxylic acids is 3. The minimum Gasteiger partial charge on any atom is -0.497 e. The standard InChI is InChI=1S/C27H27N3O4/c1-18-10-12-21(13-11-18)30-17-20(15-25(30)31)26(32)29-24-9-4-3-8-23(24)27(33)28-16-19-6-5-7-22(14-19)34-2/h3-14,20H,15-17H2,1-2H3,(H,28,33)(H,29,32)/t20-/m1/s1. The Balaban J connectivity index is 1.41. The van der Waals surface area contributed by atoms with Crippen LogP contribution in [0.4, 0.5) is 11.4 Å². The molecule has 34 heavy (non-hydrogen) atoms. The van der Waals surface area contributed by atoms with E-state index in [0.29, 0.717) is 30.1 Å². The van der Waals surface area contributed by atoms with Gasteiger partial charge in [-0.15, -0.1) is 0 Å². The van der Waals surface area contributed by atoms with Gasteiger partial charge in [0.1, 0.15) is 5.75 Å². The number of hydrogen-bond acceptors (Lipinski definition) is 4. The van der Waals surface area contributed by atoms with Crippen LogP contribution in [-0.4, -0.2) is 31.4 Å². The Kier molecular flexibility index (Phi) is 6.92. The molecular formula is C27H27N3O4. The lowest BCUT2D eigenvalue weighted by molar-refractivity contribution is -0.122. The summed E-state index contributed by atoms with van der Waals surface area (Å²) in [5, 5.41) is 5.73. The Morgan fingerprint density at radius 3 is 2.56 bits per heavy atom. The van der Waals surface area contributed by atoms with Crippen molar-refractivity contribution in [2.75, 3.05) is 23.9 Å². The van der Waals surface area contributed by atoms with Gasteiger partial charge in [0.05, 0.1) is 24.3 Å². The van der Waals surface area contributed by atoms with Gasteiger partial charge in [-0.25, -0.2) is 0 Å². The van der Waals surface area contributed by atoms with Crippen molar-refractivity contribution in [1.82, 2.24) is 5.32 Å². The maximum absolute atomic E-state index is 13.0. The molecule has 0 radical (unpaired) electrons. The number of methoxy groups -OCH3 is 1. The first-order chi connectivity index (χ1) is 16.4. The van der Waals surface area contributed by atoms with E-state index in [9.17, 15) is 14.4 Å². The quantitative estimate of drug-likeness (QED) is 0.563. The fourth-order valence-corrected chi connectivity index (χ4v) is 3.94. The van der Waals surface area contributed by atoms with Crippen LogP contribution in [0.1, 0.15) is 27.9 Å². The van der Waals surface area contributed by atoms with Crippen LogP contribution in [0.15, 0.2) is 72.8 Å². The van der Waals surface area contributed by atoms with E-state index < -0.39 is 5.92 Å². The fourth-order valence-electron chi connectivity index (χ4n) is 3.94. The summed E-state index contributed by atoms with van der Waals surface area (Å²) >= 11 is 0. The molecule has 7 nitrogen and oxygen atoms in total. The zero-order valence-electron chi connectivity index (χ0n) is 19.2. The molecule has 3 aromatic carbocycles. The summed E-state index contributed by atoms with van der Waals surface area (Å²) < 4.78 is 5.22. The molecule has 0 aromatic heterocycles. The van der Waals surface area contributed by atoms with Gasteiger partial charge in [0.15, 0.2) is 0 Å². The molecule has 0 bridgehead atoms. The minimum absolute atomic E-state index is 0.0895. The highest BCUT2D eigenvalue weighted by molar-refractivity contribution is 6.07. The molecule has 4 rings (SSSR count). The highest BCUT2D eigenvalue weighted by Gasteiger charge is 2.35. The number of anilines is 2. The molecule has 0 aliphatic carbocycles. The monoisotopic (exact) mass is 457 g/mol. The van der Waals surface area contributed by atoms with Crippen molar-refractivity contribution in [3.63, 3.8) is 0 Å². The van der Waals surface area contributed by atoms with Crippen molar-refractivity contribution in [2.45, 2.75) is 19.9 Å². The van der Waals surface area contributed by atoms with Crippen molar-refractivity contribution in [2.24, 2.45) is 5.92 Å². The van der Waals surface area contributed by atoms with E-state index in [-0.39, 0.29) is 24.1 Å². The van der Waals surface area contributed by atoms with Crippen LogP contribution in [0.3, 0.4) is 0 Å². The molecule has 174 valence electrons. The van der Waals surface area contributed by atoms with Crippen LogP contribution in [0.25, 0.3) is 0 Å². The smallest absolute Gasteiger partial charge is 0.253 e. The number of carbonyl (C=O) groups is 3. The van der Waals surface area contributed by atoms with Crippen molar-refractivity contribution >= 4 is 29.1 Å². The Hall–Kier alpha value is -4.13. The van der Waals surface area contributed by atoms with Crippen molar-refractivity contribution in [1.29, 1.82) is 0 Å². The maximum atomic E-state index is 13.0. The van der Waals surface area contributed by atoms with Crippen LogP contribution >= 0.6 is 0 Å². The second-order valence-corrected chi connectivity index (χ2v) is 8.31. The van der Waals surface area contributed by atoms with Gasteiger partial charge < -0.3 is 20.3 Å². The molecule has 3 amide bonds. The van der Waals surface area contributed by atoms with Crippen molar-refractivity contribution in [3.8, 4) is 5.75 Å². The first-order valence-electron chi connectivity index (χ1n) is 11.1. The number of nitrogens with zero attached hydrogens (tertiary/aromatic N) is 1. The van der Waals surface area contributed by atoms with Gasteiger partial charge >= 0.3 is 0 Å². The number of para-hydroxylation sites is 1. The van der Waals surface area contributed by atoms with E-state index in [4.69, 9.17) is 4.74 Å². The molecule has 7 heteroatoms. The third-order valence-electron chi connectivity index (χ3n) is 5.86. The van der Waals surface area contributed by atoms with E-state index in [0.717, 1.165) is 16.8 Å². The molecule has 1 aliphatic rings. The first kappa shape index (κ1) is 23.0. The molecule has 1 atom stereocenters. The molecule has 2 N–H and O–H groups in total. The highest BCUT2D eigenvalue weighted by atomic mass is 16.5. The number of rotatable bonds is 7. The third kappa shape index (κ3) is 5.26. The van der Waals surface area contributed by atoms with Gasteiger partial charge in [-0.2, -0.15) is 0 Å². The maximum Gasteiger partial charge on any atom is 0.253 e. The average molecular weight is 458 g/mol. The number of hydrogen-bond donors (Lipinski definition) is 2. The number of nitrogens with one attached hydrogen (secondary N) is 2. The summed E-state index contributed by atoms with van der Waals surface area (Å²) in [5.41, 5.74) is 3.56.